The lowest BCUT2D eigenvalue weighted by atomic mass is 9.92. The molecule has 0 bridgehead atoms. The van der Waals surface area contributed by atoms with Crippen molar-refractivity contribution in [2.75, 3.05) is 32.8 Å². The molecule has 0 radical (unpaired) electrons. The van der Waals surface area contributed by atoms with E-state index in [1.165, 1.54) is 12.1 Å². The monoisotopic (exact) mass is 342 g/mol. The Kier molecular flexibility index (Phi) is 4.99. The Labute approximate surface area is 139 Å². The van der Waals surface area contributed by atoms with Crippen LogP contribution in [0.25, 0.3) is 0 Å². The molecule has 0 spiro atoms. The van der Waals surface area contributed by atoms with Crippen molar-refractivity contribution in [3.05, 3.63) is 29.8 Å². The van der Waals surface area contributed by atoms with E-state index in [-0.39, 0.29) is 18.3 Å². The summed E-state index contributed by atoms with van der Waals surface area (Å²) in [6, 6.07) is 4.41. The van der Waals surface area contributed by atoms with E-state index in [9.17, 15) is 18.0 Å². The van der Waals surface area contributed by atoms with Crippen LogP contribution in [0.1, 0.15) is 18.4 Å². The zero-order valence-corrected chi connectivity index (χ0v) is 13.3. The summed E-state index contributed by atoms with van der Waals surface area (Å²) in [6.45, 7) is 3.35. The number of fused-ring (bicyclic) bond motifs is 1. The molecule has 2 aliphatic rings. The normalized spacial score (nSPS) is 24.4. The van der Waals surface area contributed by atoms with Gasteiger partial charge in [0.2, 0.25) is 0 Å². The van der Waals surface area contributed by atoms with Crippen LogP contribution >= 0.6 is 0 Å². The average Bonchev–Trinajstić information content (AvgIpc) is 2.90. The quantitative estimate of drug-likeness (QED) is 0.918. The summed E-state index contributed by atoms with van der Waals surface area (Å²) >= 11 is 0. The highest BCUT2D eigenvalue weighted by Gasteiger charge is 2.32. The molecule has 132 valence electrons. The van der Waals surface area contributed by atoms with Crippen molar-refractivity contribution < 1.29 is 22.7 Å². The number of nitrogens with one attached hydrogen (secondary N) is 1. The average molecular weight is 342 g/mol. The second-order valence-corrected chi connectivity index (χ2v) is 6.45. The third-order valence-corrected chi connectivity index (χ3v) is 4.92. The van der Waals surface area contributed by atoms with Crippen LogP contribution in [-0.4, -0.2) is 43.6 Å². The third kappa shape index (κ3) is 4.01. The van der Waals surface area contributed by atoms with Gasteiger partial charge in [-0.15, -0.1) is 0 Å². The van der Waals surface area contributed by atoms with Crippen LogP contribution in [0.3, 0.4) is 0 Å². The van der Waals surface area contributed by atoms with Gasteiger partial charge in [0.05, 0.1) is 5.56 Å². The lowest BCUT2D eigenvalue weighted by Gasteiger charge is -2.21. The van der Waals surface area contributed by atoms with Gasteiger partial charge in [0.25, 0.3) is 5.91 Å². The molecule has 2 heterocycles. The second-order valence-electron chi connectivity index (χ2n) is 6.45. The standard InChI is InChI=1S/C17H21F3N2O2/c18-17(19,20)14-1-3-15(4-2-14)24-11-16(23)22-7-5-12-9-21-10-13(12)6-8-22/h1-4,12-13,21H,5-11H2/t12-,13+. The summed E-state index contributed by atoms with van der Waals surface area (Å²) in [4.78, 5) is 14.1. The Hall–Kier alpha value is -1.76. The van der Waals surface area contributed by atoms with Gasteiger partial charge in [-0.1, -0.05) is 0 Å². The number of likely N-dealkylation sites (tertiary alicyclic amines) is 1. The minimum atomic E-state index is -4.37. The molecule has 1 aromatic carbocycles. The fraction of sp³-hybridized carbons (Fsp3) is 0.588. The highest BCUT2D eigenvalue weighted by Crippen LogP contribution is 2.30. The van der Waals surface area contributed by atoms with E-state index in [4.69, 9.17) is 4.74 Å². The lowest BCUT2D eigenvalue weighted by molar-refractivity contribution is -0.137. The van der Waals surface area contributed by atoms with Crippen LogP contribution < -0.4 is 10.1 Å². The molecule has 2 aliphatic heterocycles. The molecule has 24 heavy (non-hydrogen) atoms. The summed E-state index contributed by atoms with van der Waals surface area (Å²) in [7, 11) is 0. The summed E-state index contributed by atoms with van der Waals surface area (Å²) in [5, 5.41) is 3.39. The summed E-state index contributed by atoms with van der Waals surface area (Å²) < 4.78 is 42.9. The molecule has 2 fully saturated rings. The number of ether oxygens (including phenoxy) is 1. The zero-order valence-electron chi connectivity index (χ0n) is 13.3. The fourth-order valence-electron chi connectivity index (χ4n) is 3.44. The van der Waals surface area contributed by atoms with Crippen molar-refractivity contribution in [1.29, 1.82) is 0 Å². The first-order chi connectivity index (χ1) is 11.4. The van der Waals surface area contributed by atoms with Crippen molar-refractivity contribution in [2.24, 2.45) is 11.8 Å². The van der Waals surface area contributed by atoms with Gasteiger partial charge in [0.1, 0.15) is 5.75 Å². The maximum absolute atomic E-state index is 12.5. The van der Waals surface area contributed by atoms with Crippen molar-refractivity contribution in [1.82, 2.24) is 10.2 Å². The van der Waals surface area contributed by atoms with Crippen molar-refractivity contribution >= 4 is 5.91 Å². The topological polar surface area (TPSA) is 41.6 Å². The first-order valence-electron chi connectivity index (χ1n) is 8.22. The highest BCUT2D eigenvalue weighted by molar-refractivity contribution is 5.77. The maximum Gasteiger partial charge on any atom is 0.416 e. The van der Waals surface area contributed by atoms with Gasteiger partial charge in [-0.2, -0.15) is 13.2 Å². The molecule has 0 unspecified atom stereocenters. The molecular formula is C17H21F3N2O2. The number of carbonyl (C=O) groups excluding carboxylic acids is 1. The van der Waals surface area contributed by atoms with Gasteiger partial charge in [-0.05, 0) is 62.0 Å². The van der Waals surface area contributed by atoms with Crippen molar-refractivity contribution in [3.63, 3.8) is 0 Å². The van der Waals surface area contributed by atoms with Crippen LogP contribution in [0.4, 0.5) is 13.2 Å². The molecule has 7 heteroatoms. The summed E-state index contributed by atoms with van der Waals surface area (Å²) in [5.41, 5.74) is -0.728. The predicted octanol–water partition coefficient (Wildman–Crippen LogP) is 2.54. The molecule has 3 rings (SSSR count). The Bertz CT molecular complexity index is 560. The third-order valence-electron chi connectivity index (χ3n) is 4.92. The van der Waals surface area contributed by atoms with Gasteiger partial charge in [0.15, 0.2) is 6.61 Å². The lowest BCUT2D eigenvalue weighted by Crippen LogP contribution is -2.36. The maximum atomic E-state index is 12.5. The molecule has 0 aliphatic carbocycles. The van der Waals surface area contributed by atoms with Crippen LogP contribution in [0, 0.1) is 11.8 Å². The van der Waals surface area contributed by atoms with Crippen LogP contribution in [0.15, 0.2) is 24.3 Å². The Morgan fingerprint density at radius 2 is 1.71 bits per heavy atom. The Morgan fingerprint density at radius 1 is 1.12 bits per heavy atom. The van der Waals surface area contributed by atoms with Crippen molar-refractivity contribution in [2.45, 2.75) is 19.0 Å². The van der Waals surface area contributed by atoms with Crippen LogP contribution in [0.2, 0.25) is 0 Å². The van der Waals surface area contributed by atoms with Gasteiger partial charge in [0, 0.05) is 13.1 Å². The predicted molar refractivity (Wildman–Crippen MR) is 82.6 cm³/mol. The number of hydrogen-bond donors (Lipinski definition) is 1. The molecule has 0 aromatic heterocycles. The van der Waals surface area contributed by atoms with E-state index in [1.807, 2.05) is 4.90 Å². The van der Waals surface area contributed by atoms with E-state index in [0.29, 0.717) is 11.8 Å². The van der Waals surface area contributed by atoms with Crippen LogP contribution in [-0.2, 0) is 11.0 Å². The minimum Gasteiger partial charge on any atom is -0.484 e. The SMILES string of the molecule is O=C(COc1ccc(C(F)(F)F)cc1)N1CC[C@@H]2CNC[C@@H]2CC1. The minimum absolute atomic E-state index is 0.108. The second kappa shape index (κ2) is 7.01. The van der Waals surface area contributed by atoms with E-state index in [0.717, 1.165) is 51.2 Å². The Balaban J connectivity index is 1.50. The number of carbonyl (C=O) groups is 1. The molecule has 0 saturated carbocycles. The molecule has 1 aromatic rings. The van der Waals surface area contributed by atoms with E-state index in [1.54, 1.807) is 0 Å². The largest absolute Gasteiger partial charge is 0.484 e. The van der Waals surface area contributed by atoms with Gasteiger partial charge in [-0.25, -0.2) is 0 Å². The summed E-state index contributed by atoms with van der Waals surface area (Å²) in [5.74, 6) is 1.44. The number of alkyl halides is 3. The first-order valence-corrected chi connectivity index (χ1v) is 8.22. The fourth-order valence-corrected chi connectivity index (χ4v) is 3.44. The number of nitrogens with zero attached hydrogens (tertiary/aromatic N) is 1. The van der Waals surface area contributed by atoms with Gasteiger partial charge < -0.3 is 15.0 Å². The Morgan fingerprint density at radius 3 is 2.25 bits per heavy atom. The molecule has 2 saturated heterocycles. The smallest absolute Gasteiger partial charge is 0.416 e. The van der Waals surface area contributed by atoms with E-state index >= 15 is 0 Å². The molecule has 4 nitrogen and oxygen atoms in total. The molecule has 1 amide bonds. The van der Waals surface area contributed by atoms with Crippen molar-refractivity contribution in [3.8, 4) is 5.75 Å². The van der Waals surface area contributed by atoms with Crippen LogP contribution in [0.5, 0.6) is 5.75 Å². The van der Waals surface area contributed by atoms with Gasteiger partial charge >= 0.3 is 6.18 Å². The van der Waals surface area contributed by atoms with Gasteiger partial charge in [-0.3, -0.25) is 4.79 Å². The highest BCUT2D eigenvalue weighted by atomic mass is 19.4. The number of hydrogen-bond acceptors (Lipinski definition) is 3. The molecular weight excluding hydrogens is 321 g/mol. The molecule has 2 atom stereocenters. The summed E-state index contributed by atoms with van der Waals surface area (Å²) in [6.07, 6.45) is -2.39. The number of benzene rings is 1. The number of rotatable bonds is 3. The van der Waals surface area contributed by atoms with E-state index < -0.39 is 11.7 Å². The van der Waals surface area contributed by atoms with E-state index in [2.05, 4.69) is 5.32 Å². The first kappa shape index (κ1) is 17.1. The number of amides is 1. The molecule has 1 N–H and O–H groups in total. The zero-order chi connectivity index (χ0) is 17.2. The number of halogens is 3.